The number of nitrogens with two attached hydrogens (primary N) is 3. The van der Waals surface area contributed by atoms with Gasteiger partial charge >= 0.3 is 0 Å². The molecule has 0 spiro atoms. The van der Waals surface area contributed by atoms with Crippen LogP contribution in [0.25, 0.3) is 0 Å². The highest BCUT2D eigenvalue weighted by molar-refractivity contribution is 6.04. The molecule has 19 nitrogen and oxygen atoms in total. The fraction of sp³-hybridized carbons (Fsp3) is 0.909. The SMILES string of the molecule is N[C@H]1[C@H](OC2[C@@H](CO)O[C@@H](OC3(C4CC(=O)NC4=O)[C@H](O)[C@@H](N)[C@H](O)O[C@@H]3CO)[C@H](N)[C@H]2O)O[C@H](CO)[C@@H](O)[C@@H]1O. The summed E-state index contributed by atoms with van der Waals surface area (Å²) in [5, 5.41) is 84.4. The second kappa shape index (κ2) is 12.6. The van der Waals surface area contributed by atoms with Crippen molar-refractivity contribution in [2.24, 2.45) is 23.1 Å². The van der Waals surface area contributed by atoms with Crippen LogP contribution in [0.1, 0.15) is 6.42 Å². The highest BCUT2D eigenvalue weighted by Gasteiger charge is 2.65. The Morgan fingerprint density at radius 3 is 1.98 bits per heavy atom. The number of aliphatic hydroxyl groups is 8. The van der Waals surface area contributed by atoms with E-state index in [-0.39, 0.29) is 0 Å². The van der Waals surface area contributed by atoms with E-state index in [1.165, 1.54) is 0 Å². The number of aliphatic hydroxyl groups excluding tert-OH is 8. The minimum absolute atomic E-state index is 0.532. The third kappa shape index (κ3) is 5.62. The first-order valence-electron chi connectivity index (χ1n) is 12.9. The van der Waals surface area contributed by atoms with Crippen molar-refractivity contribution in [3.63, 3.8) is 0 Å². The second-order valence-corrected chi connectivity index (χ2v) is 10.5. The minimum Gasteiger partial charge on any atom is -0.394 e. The number of rotatable bonds is 8. The summed E-state index contributed by atoms with van der Waals surface area (Å²) in [5.41, 5.74) is 15.7. The Morgan fingerprint density at radius 1 is 0.805 bits per heavy atom. The maximum absolute atomic E-state index is 12.8. The van der Waals surface area contributed by atoms with E-state index in [2.05, 4.69) is 5.32 Å². The van der Waals surface area contributed by atoms with Gasteiger partial charge in [0.1, 0.15) is 54.4 Å². The van der Waals surface area contributed by atoms with Crippen LogP contribution >= 0.6 is 0 Å². The van der Waals surface area contributed by atoms with Gasteiger partial charge in [0.15, 0.2) is 18.9 Å². The fourth-order valence-corrected chi connectivity index (χ4v) is 5.72. The maximum atomic E-state index is 12.8. The zero-order chi connectivity index (χ0) is 30.4. The van der Waals surface area contributed by atoms with E-state index in [0.717, 1.165) is 0 Å². The molecule has 0 aromatic heterocycles. The molecule has 236 valence electrons. The van der Waals surface area contributed by atoms with Gasteiger partial charge in [-0.05, 0) is 0 Å². The standard InChI is InChI=1S/C22H38N4O15/c23-10-14(32)13(31)6(2-27)37-20(10)40-16-7(3-28)38-21(11(24)15(16)33)41-22(5-1-9(30)26-18(5)35)8(4-29)39-19(36)12(25)17(22)34/h5-8,10-17,19-21,27-29,31-34,36H,1-4,23-25H2,(H,26,30,35)/t5?,6-,7-,8-,10-,11-,12-,13-,14-,15-,16?,17-,19-,20+,21+,22?/m1/s1. The first kappa shape index (κ1) is 32.4. The molecule has 4 heterocycles. The molecule has 0 aliphatic carbocycles. The third-order valence-corrected chi connectivity index (χ3v) is 8.08. The molecule has 41 heavy (non-hydrogen) atoms. The van der Waals surface area contributed by atoms with Gasteiger partial charge in [-0.2, -0.15) is 0 Å². The van der Waals surface area contributed by atoms with Crippen molar-refractivity contribution in [1.29, 1.82) is 0 Å². The second-order valence-electron chi connectivity index (χ2n) is 10.5. The molecule has 16 atom stereocenters. The molecule has 0 bridgehead atoms. The lowest BCUT2D eigenvalue weighted by Crippen LogP contribution is -2.76. The lowest BCUT2D eigenvalue weighted by molar-refractivity contribution is -0.378. The Bertz CT molecular complexity index is 943. The van der Waals surface area contributed by atoms with Gasteiger partial charge < -0.3 is 81.7 Å². The number of hydrogen-bond acceptors (Lipinski definition) is 18. The van der Waals surface area contributed by atoms with Crippen LogP contribution in [0, 0.1) is 5.92 Å². The molecule has 19 heteroatoms. The number of ether oxygens (including phenoxy) is 5. The van der Waals surface area contributed by atoms with Crippen LogP contribution < -0.4 is 22.5 Å². The maximum Gasteiger partial charge on any atom is 0.233 e. The predicted octanol–water partition coefficient (Wildman–Crippen LogP) is -8.64. The largest absolute Gasteiger partial charge is 0.394 e. The molecule has 4 saturated heterocycles. The molecular weight excluding hydrogens is 560 g/mol. The monoisotopic (exact) mass is 598 g/mol. The first-order chi connectivity index (χ1) is 19.3. The number of hydrogen-bond donors (Lipinski definition) is 12. The first-order valence-corrected chi connectivity index (χ1v) is 12.9. The summed E-state index contributed by atoms with van der Waals surface area (Å²) in [6, 6.07) is -4.53. The molecule has 4 fully saturated rings. The van der Waals surface area contributed by atoms with Crippen LogP contribution in [0.3, 0.4) is 0 Å². The lowest BCUT2D eigenvalue weighted by atomic mass is 9.72. The number of carbonyl (C=O) groups excluding carboxylic acids is 2. The van der Waals surface area contributed by atoms with E-state index in [1.54, 1.807) is 0 Å². The normalized spacial score (nSPS) is 51.0. The molecule has 4 rings (SSSR count). The van der Waals surface area contributed by atoms with Gasteiger partial charge in [-0.3, -0.25) is 14.9 Å². The Hall–Kier alpha value is -1.50. The van der Waals surface area contributed by atoms with Gasteiger partial charge in [0.2, 0.25) is 11.8 Å². The summed E-state index contributed by atoms with van der Waals surface area (Å²) in [6.07, 6.45) is -18.3. The summed E-state index contributed by atoms with van der Waals surface area (Å²) >= 11 is 0. The van der Waals surface area contributed by atoms with E-state index in [4.69, 9.17) is 40.9 Å². The van der Waals surface area contributed by atoms with Crippen LogP contribution in [-0.4, -0.2) is 164 Å². The minimum atomic E-state index is -2.34. The number of amides is 2. The third-order valence-electron chi connectivity index (χ3n) is 8.08. The van der Waals surface area contributed by atoms with Crippen molar-refractivity contribution in [2.75, 3.05) is 19.8 Å². The van der Waals surface area contributed by atoms with E-state index in [9.17, 15) is 50.4 Å². The highest BCUT2D eigenvalue weighted by atomic mass is 16.7. The molecule has 15 N–H and O–H groups in total. The zero-order valence-corrected chi connectivity index (χ0v) is 21.7. The predicted molar refractivity (Wildman–Crippen MR) is 127 cm³/mol. The molecule has 0 aromatic carbocycles. The molecule has 4 aliphatic rings. The van der Waals surface area contributed by atoms with Crippen LogP contribution in [0.2, 0.25) is 0 Å². The summed E-state index contributed by atoms with van der Waals surface area (Å²) in [7, 11) is 0. The Morgan fingerprint density at radius 2 is 1.41 bits per heavy atom. The van der Waals surface area contributed by atoms with Crippen molar-refractivity contribution < 1.29 is 74.1 Å². The molecular formula is C22H38N4O15. The summed E-state index contributed by atoms with van der Waals surface area (Å²) in [4.78, 5) is 24.9. The van der Waals surface area contributed by atoms with Crippen LogP contribution in [0.15, 0.2) is 0 Å². The van der Waals surface area contributed by atoms with Gasteiger partial charge in [-0.25, -0.2) is 0 Å². The van der Waals surface area contributed by atoms with Gasteiger partial charge in [0, 0.05) is 6.42 Å². The quantitative estimate of drug-likeness (QED) is 0.115. The average Bonchev–Trinajstić information content (AvgIpc) is 3.30. The summed E-state index contributed by atoms with van der Waals surface area (Å²) in [6.45, 7) is -2.48. The van der Waals surface area contributed by atoms with Crippen molar-refractivity contribution in [2.45, 2.75) is 97.8 Å². The lowest BCUT2D eigenvalue weighted by Gasteiger charge is -2.55. The van der Waals surface area contributed by atoms with E-state index < -0.39 is 135 Å². The smallest absolute Gasteiger partial charge is 0.233 e. The number of nitrogens with one attached hydrogen (secondary N) is 1. The molecule has 2 amide bonds. The Labute approximate surface area is 232 Å². The summed E-state index contributed by atoms with van der Waals surface area (Å²) < 4.78 is 28.2. The fourth-order valence-electron chi connectivity index (χ4n) is 5.72. The van der Waals surface area contributed by atoms with Crippen LogP contribution in [0.5, 0.6) is 0 Å². The van der Waals surface area contributed by atoms with Gasteiger partial charge in [0.25, 0.3) is 0 Å². The van der Waals surface area contributed by atoms with Gasteiger partial charge in [-0.1, -0.05) is 0 Å². The Balaban J connectivity index is 1.62. The molecule has 3 unspecified atom stereocenters. The average molecular weight is 599 g/mol. The topological polar surface area (TPSA) is 332 Å². The molecule has 0 saturated carbocycles. The highest BCUT2D eigenvalue weighted by Crippen LogP contribution is 2.43. The van der Waals surface area contributed by atoms with Crippen molar-refractivity contribution in [3.05, 3.63) is 0 Å². The van der Waals surface area contributed by atoms with Gasteiger partial charge in [-0.15, -0.1) is 0 Å². The summed E-state index contributed by atoms with van der Waals surface area (Å²) in [5.74, 6) is -3.17. The van der Waals surface area contributed by atoms with Gasteiger partial charge in [0.05, 0.1) is 43.9 Å². The van der Waals surface area contributed by atoms with E-state index >= 15 is 0 Å². The molecule has 0 radical (unpaired) electrons. The van der Waals surface area contributed by atoms with E-state index in [0.29, 0.717) is 0 Å². The molecule has 0 aromatic rings. The zero-order valence-electron chi connectivity index (χ0n) is 21.7. The van der Waals surface area contributed by atoms with Crippen molar-refractivity contribution >= 4 is 11.8 Å². The van der Waals surface area contributed by atoms with Crippen LogP contribution in [-0.2, 0) is 33.3 Å². The van der Waals surface area contributed by atoms with Crippen molar-refractivity contribution in [3.8, 4) is 0 Å². The van der Waals surface area contributed by atoms with Crippen molar-refractivity contribution in [1.82, 2.24) is 5.32 Å². The van der Waals surface area contributed by atoms with E-state index in [1.807, 2.05) is 0 Å². The van der Waals surface area contributed by atoms with Crippen LogP contribution in [0.4, 0.5) is 0 Å². The number of carbonyl (C=O) groups is 2. The number of imide groups is 1. The Kier molecular flexibility index (Phi) is 9.98. The molecule has 4 aliphatic heterocycles.